The van der Waals surface area contributed by atoms with Gasteiger partial charge in [-0.3, -0.25) is 14.5 Å². The zero-order valence-electron chi connectivity index (χ0n) is 17.4. The Morgan fingerprint density at radius 2 is 1.71 bits per heavy atom. The summed E-state index contributed by atoms with van der Waals surface area (Å²) in [7, 11) is 0. The molecule has 156 valence electrons. The molecule has 31 heavy (non-hydrogen) atoms. The van der Waals surface area contributed by atoms with E-state index in [0.717, 1.165) is 27.3 Å². The Bertz CT molecular complexity index is 1420. The highest BCUT2D eigenvalue weighted by molar-refractivity contribution is 7.15. The van der Waals surface area contributed by atoms with Gasteiger partial charge in [0.1, 0.15) is 5.58 Å². The summed E-state index contributed by atoms with van der Waals surface area (Å²) in [5.74, 6) is -0.285. The lowest BCUT2D eigenvalue weighted by atomic mass is 9.97. The third-order valence-corrected chi connectivity index (χ3v) is 7.22. The second-order valence-electron chi connectivity index (χ2n) is 7.87. The number of rotatable bonds is 2. The minimum Gasteiger partial charge on any atom is -0.450 e. The number of hydrogen-bond acceptors (Lipinski definition) is 5. The number of halogens is 1. The average Bonchev–Trinajstić information content (AvgIpc) is 3.21. The molecule has 0 radical (unpaired) electrons. The van der Waals surface area contributed by atoms with E-state index in [-0.39, 0.29) is 17.1 Å². The summed E-state index contributed by atoms with van der Waals surface area (Å²) in [4.78, 5) is 34.4. The van der Waals surface area contributed by atoms with E-state index >= 15 is 0 Å². The van der Waals surface area contributed by atoms with Gasteiger partial charge in [0.05, 0.1) is 22.7 Å². The summed E-state index contributed by atoms with van der Waals surface area (Å²) in [5.41, 5.74) is 4.19. The summed E-state index contributed by atoms with van der Waals surface area (Å²) in [6.07, 6.45) is 0. The van der Waals surface area contributed by atoms with E-state index in [0.29, 0.717) is 26.7 Å². The number of carbonyl (C=O) groups excluding carboxylic acids is 1. The maximum atomic E-state index is 13.6. The number of aromatic nitrogens is 1. The topological polar surface area (TPSA) is 63.4 Å². The molecule has 0 saturated heterocycles. The highest BCUT2D eigenvalue weighted by Crippen LogP contribution is 2.43. The number of nitrogens with zero attached hydrogens (tertiary/aromatic N) is 2. The number of carbonyl (C=O) groups is 1. The quantitative estimate of drug-likeness (QED) is 0.382. The van der Waals surface area contributed by atoms with Gasteiger partial charge in [-0.05, 0) is 68.7 Å². The van der Waals surface area contributed by atoms with Crippen LogP contribution in [0.1, 0.15) is 49.4 Å². The molecular weight excluding hydrogens is 432 g/mol. The Labute approximate surface area is 187 Å². The minimum absolute atomic E-state index is 0.0752. The normalized spacial score (nSPS) is 15.7. The molecule has 7 heteroatoms. The van der Waals surface area contributed by atoms with Crippen LogP contribution >= 0.6 is 22.9 Å². The number of thiazole rings is 1. The van der Waals surface area contributed by atoms with E-state index in [2.05, 4.69) is 4.98 Å². The van der Waals surface area contributed by atoms with E-state index in [1.54, 1.807) is 17.0 Å². The zero-order chi connectivity index (χ0) is 22.0. The van der Waals surface area contributed by atoms with Gasteiger partial charge >= 0.3 is 0 Å². The first-order chi connectivity index (χ1) is 14.8. The van der Waals surface area contributed by atoms with Crippen molar-refractivity contribution in [2.24, 2.45) is 0 Å². The number of aryl methyl sites for hydroxylation is 4. The van der Waals surface area contributed by atoms with E-state index < -0.39 is 6.04 Å². The monoisotopic (exact) mass is 450 g/mol. The third-order valence-electron chi connectivity index (χ3n) is 5.90. The third kappa shape index (κ3) is 3.01. The second kappa shape index (κ2) is 7.04. The van der Waals surface area contributed by atoms with Crippen LogP contribution < -0.4 is 10.3 Å². The zero-order valence-corrected chi connectivity index (χ0v) is 19.0. The molecule has 0 saturated carbocycles. The number of hydrogen-bond donors (Lipinski definition) is 0. The van der Waals surface area contributed by atoms with Crippen LogP contribution in [0.25, 0.3) is 11.0 Å². The average molecular weight is 451 g/mol. The highest BCUT2D eigenvalue weighted by Gasteiger charge is 2.45. The van der Waals surface area contributed by atoms with Gasteiger partial charge in [0.2, 0.25) is 5.76 Å². The fourth-order valence-electron chi connectivity index (χ4n) is 3.94. The van der Waals surface area contributed by atoms with Crippen LogP contribution in [0, 0.1) is 27.7 Å². The first-order valence-corrected chi connectivity index (χ1v) is 11.1. The summed E-state index contributed by atoms with van der Waals surface area (Å²) in [5, 5.41) is 1.60. The van der Waals surface area contributed by atoms with Gasteiger partial charge in [0, 0.05) is 9.90 Å². The van der Waals surface area contributed by atoms with E-state index in [1.807, 2.05) is 52.0 Å². The van der Waals surface area contributed by atoms with Crippen LogP contribution in [0.5, 0.6) is 0 Å². The number of anilines is 1. The van der Waals surface area contributed by atoms with Crippen LogP contribution in [0.4, 0.5) is 5.13 Å². The predicted octanol–water partition coefficient (Wildman–Crippen LogP) is 5.89. The molecule has 1 atom stereocenters. The lowest BCUT2D eigenvalue weighted by Crippen LogP contribution is -2.29. The second-order valence-corrected chi connectivity index (χ2v) is 9.49. The summed E-state index contributed by atoms with van der Waals surface area (Å²) < 4.78 is 6.06. The predicted molar refractivity (Wildman–Crippen MR) is 124 cm³/mol. The van der Waals surface area contributed by atoms with Gasteiger partial charge < -0.3 is 4.42 Å². The Morgan fingerprint density at radius 1 is 1.03 bits per heavy atom. The molecule has 0 fully saturated rings. The first-order valence-electron chi connectivity index (χ1n) is 9.87. The van der Waals surface area contributed by atoms with Gasteiger partial charge in [-0.25, -0.2) is 4.98 Å². The van der Waals surface area contributed by atoms with Crippen LogP contribution in [-0.4, -0.2) is 10.9 Å². The van der Waals surface area contributed by atoms with Crippen molar-refractivity contribution in [3.63, 3.8) is 0 Å². The van der Waals surface area contributed by atoms with Crippen molar-refractivity contribution in [1.82, 2.24) is 4.98 Å². The van der Waals surface area contributed by atoms with E-state index in [1.165, 1.54) is 11.3 Å². The molecule has 2 aromatic heterocycles. The standard InChI is InChI=1S/C24H19ClN2O3S/c1-11-9-17-18(10-12(11)2)30-22-19(21(17)28)20(15-5-7-16(25)8-6-15)27(23(22)29)24-26-13(3)14(4)31-24/h5-10,20H,1-4H3. The molecule has 1 aliphatic rings. The Balaban J connectivity index is 1.83. The Morgan fingerprint density at radius 3 is 2.35 bits per heavy atom. The molecule has 0 bridgehead atoms. The molecular formula is C24H19ClN2O3S. The Hall–Kier alpha value is -2.96. The van der Waals surface area contributed by atoms with Crippen molar-refractivity contribution in [3.05, 3.63) is 90.2 Å². The van der Waals surface area contributed by atoms with Crippen molar-refractivity contribution in [2.75, 3.05) is 4.90 Å². The molecule has 1 amide bonds. The number of amides is 1. The van der Waals surface area contributed by atoms with Gasteiger partial charge in [-0.1, -0.05) is 23.7 Å². The smallest absolute Gasteiger partial charge is 0.297 e. The number of benzene rings is 2. The van der Waals surface area contributed by atoms with Gasteiger partial charge in [-0.15, -0.1) is 11.3 Å². The fraction of sp³-hybridized carbons (Fsp3) is 0.208. The number of fused-ring (bicyclic) bond motifs is 2. The van der Waals surface area contributed by atoms with Crippen molar-refractivity contribution in [2.45, 2.75) is 33.7 Å². The molecule has 0 spiro atoms. The largest absolute Gasteiger partial charge is 0.450 e. The maximum Gasteiger partial charge on any atom is 0.297 e. The molecule has 1 unspecified atom stereocenters. The van der Waals surface area contributed by atoms with E-state index in [9.17, 15) is 9.59 Å². The van der Waals surface area contributed by atoms with Gasteiger partial charge in [0.25, 0.3) is 5.91 Å². The molecule has 1 aliphatic heterocycles. The van der Waals surface area contributed by atoms with Crippen molar-refractivity contribution in [3.8, 4) is 0 Å². The first kappa shape index (κ1) is 20.0. The lowest BCUT2D eigenvalue weighted by Gasteiger charge is -2.22. The summed E-state index contributed by atoms with van der Waals surface area (Å²) >= 11 is 7.52. The summed E-state index contributed by atoms with van der Waals surface area (Å²) in [6.45, 7) is 7.78. The molecule has 4 aromatic rings. The van der Waals surface area contributed by atoms with Crippen molar-refractivity contribution < 1.29 is 9.21 Å². The fourth-order valence-corrected chi connectivity index (χ4v) is 5.01. The summed E-state index contributed by atoms with van der Waals surface area (Å²) in [6, 6.07) is 10.2. The maximum absolute atomic E-state index is 13.6. The van der Waals surface area contributed by atoms with Crippen LogP contribution in [0.3, 0.4) is 0 Å². The molecule has 0 N–H and O–H groups in total. The minimum atomic E-state index is -0.632. The van der Waals surface area contributed by atoms with Crippen molar-refractivity contribution in [1.29, 1.82) is 0 Å². The molecule has 0 aliphatic carbocycles. The van der Waals surface area contributed by atoms with Crippen LogP contribution in [0.2, 0.25) is 5.02 Å². The molecule has 2 aromatic carbocycles. The van der Waals surface area contributed by atoms with Crippen LogP contribution in [0.15, 0.2) is 45.6 Å². The molecule has 3 heterocycles. The molecule has 5 rings (SSSR count). The molecule has 5 nitrogen and oxygen atoms in total. The highest BCUT2D eigenvalue weighted by atomic mass is 35.5. The van der Waals surface area contributed by atoms with Crippen LogP contribution in [-0.2, 0) is 0 Å². The SMILES string of the molecule is Cc1cc2oc3c(c(=O)c2cc1C)C(c1ccc(Cl)cc1)N(c1nc(C)c(C)s1)C3=O. The van der Waals surface area contributed by atoms with Gasteiger partial charge in [-0.2, -0.15) is 0 Å². The lowest BCUT2D eigenvalue weighted by molar-refractivity contribution is 0.0971. The Kier molecular flexibility index (Phi) is 4.53. The van der Waals surface area contributed by atoms with Gasteiger partial charge in [0.15, 0.2) is 10.6 Å². The van der Waals surface area contributed by atoms with E-state index in [4.69, 9.17) is 16.0 Å². The van der Waals surface area contributed by atoms with Crippen molar-refractivity contribution >= 4 is 44.9 Å².